The summed E-state index contributed by atoms with van der Waals surface area (Å²) in [6.07, 6.45) is 5.67. The molecule has 1 unspecified atom stereocenters. The average Bonchev–Trinajstić information content (AvgIpc) is 2.95. The van der Waals surface area contributed by atoms with Gasteiger partial charge in [-0.15, -0.1) is 0 Å². The molecule has 0 aromatic carbocycles. The van der Waals surface area contributed by atoms with E-state index in [0.29, 0.717) is 6.54 Å². The number of amides is 1. The molecule has 1 aliphatic rings. The molecular formula is C16H25N3O. The van der Waals surface area contributed by atoms with E-state index in [1.807, 2.05) is 6.07 Å². The van der Waals surface area contributed by atoms with Crippen molar-refractivity contribution in [1.82, 2.24) is 15.6 Å². The fourth-order valence-electron chi connectivity index (χ4n) is 3.05. The lowest BCUT2D eigenvalue weighted by Gasteiger charge is -2.26. The van der Waals surface area contributed by atoms with Crippen LogP contribution in [0.25, 0.3) is 0 Å². The fraction of sp³-hybridized carbons (Fsp3) is 0.625. The first kappa shape index (κ1) is 15.0. The van der Waals surface area contributed by atoms with Gasteiger partial charge in [0.15, 0.2) is 0 Å². The first-order valence-electron chi connectivity index (χ1n) is 7.63. The molecule has 0 spiro atoms. The van der Waals surface area contributed by atoms with Gasteiger partial charge in [-0.2, -0.15) is 0 Å². The van der Waals surface area contributed by atoms with Gasteiger partial charge >= 0.3 is 0 Å². The number of aryl methyl sites for hydroxylation is 1. The smallest absolute Gasteiger partial charge is 0.227 e. The molecule has 1 aromatic heterocycles. The average molecular weight is 275 g/mol. The normalized spacial score (nSPS) is 21.9. The third kappa shape index (κ3) is 3.18. The SMILES string of the molecule is CCCC1(C(=O)NCc2ncccc2CC)CCNC1. The first-order chi connectivity index (χ1) is 9.72. The van der Waals surface area contributed by atoms with Crippen LogP contribution in [0.3, 0.4) is 0 Å². The highest BCUT2D eigenvalue weighted by atomic mass is 16.2. The molecule has 0 radical (unpaired) electrons. The molecule has 0 saturated carbocycles. The zero-order valence-corrected chi connectivity index (χ0v) is 12.5. The summed E-state index contributed by atoms with van der Waals surface area (Å²) in [5.41, 5.74) is 1.98. The van der Waals surface area contributed by atoms with E-state index in [1.165, 1.54) is 5.56 Å². The Labute approximate surface area is 121 Å². The van der Waals surface area contributed by atoms with Gasteiger partial charge in [0, 0.05) is 12.7 Å². The first-order valence-corrected chi connectivity index (χ1v) is 7.63. The molecule has 1 saturated heterocycles. The Hall–Kier alpha value is -1.42. The molecule has 1 fully saturated rings. The maximum Gasteiger partial charge on any atom is 0.227 e. The Morgan fingerprint density at radius 2 is 2.35 bits per heavy atom. The van der Waals surface area contributed by atoms with E-state index >= 15 is 0 Å². The van der Waals surface area contributed by atoms with Gasteiger partial charge in [-0.05, 0) is 37.4 Å². The Balaban J connectivity index is 2.00. The molecule has 0 bridgehead atoms. The third-order valence-electron chi connectivity index (χ3n) is 4.24. The number of carbonyl (C=O) groups is 1. The van der Waals surface area contributed by atoms with Crippen molar-refractivity contribution in [1.29, 1.82) is 0 Å². The van der Waals surface area contributed by atoms with E-state index < -0.39 is 0 Å². The minimum absolute atomic E-state index is 0.178. The van der Waals surface area contributed by atoms with Crippen LogP contribution in [0.1, 0.15) is 44.4 Å². The molecule has 2 N–H and O–H groups in total. The summed E-state index contributed by atoms with van der Waals surface area (Å²) in [4.78, 5) is 16.9. The van der Waals surface area contributed by atoms with Crippen molar-refractivity contribution in [3.8, 4) is 0 Å². The van der Waals surface area contributed by atoms with Crippen LogP contribution in [-0.2, 0) is 17.8 Å². The summed E-state index contributed by atoms with van der Waals surface area (Å²) in [5.74, 6) is 0.178. The van der Waals surface area contributed by atoms with Gasteiger partial charge in [-0.1, -0.05) is 26.3 Å². The van der Waals surface area contributed by atoms with Gasteiger partial charge in [0.2, 0.25) is 5.91 Å². The number of hydrogen-bond acceptors (Lipinski definition) is 3. The lowest BCUT2D eigenvalue weighted by atomic mass is 9.81. The standard InChI is InChI=1S/C16H25N3O/c1-3-7-16(8-10-17-12-16)15(20)19-11-14-13(4-2)6-5-9-18-14/h5-6,9,17H,3-4,7-8,10-12H2,1-2H3,(H,19,20). The van der Waals surface area contributed by atoms with Crippen molar-refractivity contribution in [2.24, 2.45) is 5.41 Å². The van der Waals surface area contributed by atoms with E-state index in [2.05, 4.69) is 35.5 Å². The number of hydrogen-bond donors (Lipinski definition) is 2. The second-order valence-electron chi connectivity index (χ2n) is 5.60. The molecule has 20 heavy (non-hydrogen) atoms. The van der Waals surface area contributed by atoms with E-state index in [9.17, 15) is 4.79 Å². The lowest BCUT2D eigenvalue weighted by molar-refractivity contribution is -0.130. The van der Waals surface area contributed by atoms with Gasteiger partial charge in [-0.25, -0.2) is 0 Å². The topological polar surface area (TPSA) is 54.0 Å². The summed E-state index contributed by atoms with van der Waals surface area (Å²) in [5, 5.41) is 6.42. The van der Waals surface area contributed by atoms with Gasteiger partial charge in [0.1, 0.15) is 0 Å². The zero-order valence-electron chi connectivity index (χ0n) is 12.5. The summed E-state index contributed by atoms with van der Waals surface area (Å²) in [7, 11) is 0. The van der Waals surface area contributed by atoms with Crippen molar-refractivity contribution in [3.63, 3.8) is 0 Å². The number of carbonyl (C=O) groups excluding carboxylic acids is 1. The number of nitrogens with zero attached hydrogens (tertiary/aromatic N) is 1. The molecule has 1 aromatic rings. The van der Waals surface area contributed by atoms with Crippen LogP contribution in [0.2, 0.25) is 0 Å². The number of aromatic nitrogens is 1. The van der Waals surface area contributed by atoms with Crippen LogP contribution in [0, 0.1) is 5.41 Å². The van der Waals surface area contributed by atoms with Gasteiger partial charge in [-0.3, -0.25) is 9.78 Å². The van der Waals surface area contributed by atoms with Crippen LogP contribution < -0.4 is 10.6 Å². The molecule has 1 atom stereocenters. The van der Waals surface area contributed by atoms with Gasteiger partial charge in [0.25, 0.3) is 0 Å². The third-order valence-corrected chi connectivity index (χ3v) is 4.24. The quantitative estimate of drug-likeness (QED) is 0.835. The van der Waals surface area contributed by atoms with E-state index in [4.69, 9.17) is 0 Å². The van der Waals surface area contributed by atoms with Crippen molar-refractivity contribution >= 4 is 5.91 Å². The summed E-state index contributed by atoms with van der Waals surface area (Å²) >= 11 is 0. The van der Waals surface area contributed by atoms with Crippen molar-refractivity contribution < 1.29 is 4.79 Å². The molecule has 1 amide bonds. The summed E-state index contributed by atoms with van der Waals surface area (Å²) < 4.78 is 0. The van der Waals surface area contributed by atoms with Crippen molar-refractivity contribution in [2.75, 3.05) is 13.1 Å². The largest absolute Gasteiger partial charge is 0.350 e. The number of rotatable bonds is 6. The minimum atomic E-state index is -0.212. The molecule has 0 aliphatic carbocycles. The van der Waals surface area contributed by atoms with Crippen LogP contribution in [-0.4, -0.2) is 24.0 Å². The van der Waals surface area contributed by atoms with Crippen LogP contribution in [0.5, 0.6) is 0 Å². The summed E-state index contributed by atoms with van der Waals surface area (Å²) in [6, 6.07) is 4.02. The second-order valence-corrected chi connectivity index (χ2v) is 5.60. The predicted octanol–water partition coefficient (Wildman–Crippen LogP) is 2.04. The van der Waals surface area contributed by atoms with Crippen LogP contribution in [0.4, 0.5) is 0 Å². The maximum atomic E-state index is 12.6. The number of nitrogens with one attached hydrogen (secondary N) is 2. The van der Waals surface area contributed by atoms with Crippen LogP contribution >= 0.6 is 0 Å². The fourth-order valence-corrected chi connectivity index (χ4v) is 3.05. The molecule has 1 aliphatic heterocycles. The van der Waals surface area contributed by atoms with E-state index in [0.717, 1.165) is 44.5 Å². The molecule has 110 valence electrons. The van der Waals surface area contributed by atoms with Crippen molar-refractivity contribution in [3.05, 3.63) is 29.6 Å². The lowest BCUT2D eigenvalue weighted by Crippen LogP contribution is -2.42. The molecule has 2 heterocycles. The second kappa shape index (κ2) is 6.84. The Kier molecular flexibility index (Phi) is 5.12. The maximum absolute atomic E-state index is 12.6. The van der Waals surface area contributed by atoms with Crippen LogP contribution in [0.15, 0.2) is 18.3 Å². The predicted molar refractivity (Wildman–Crippen MR) is 80.3 cm³/mol. The van der Waals surface area contributed by atoms with E-state index in [1.54, 1.807) is 6.20 Å². The number of pyridine rings is 1. The highest BCUT2D eigenvalue weighted by molar-refractivity contribution is 5.83. The molecule has 4 nitrogen and oxygen atoms in total. The minimum Gasteiger partial charge on any atom is -0.350 e. The monoisotopic (exact) mass is 275 g/mol. The Morgan fingerprint density at radius 1 is 1.50 bits per heavy atom. The van der Waals surface area contributed by atoms with E-state index in [-0.39, 0.29) is 11.3 Å². The molecule has 2 rings (SSSR count). The molecular weight excluding hydrogens is 250 g/mol. The van der Waals surface area contributed by atoms with Crippen molar-refractivity contribution in [2.45, 2.75) is 46.1 Å². The molecule has 4 heteroatoms. The van der Waals surface area contributed by atoms with Gasteiger partial charge < -0.3 is 10.6 Å². The highest BCUT2D eigenvalue weighted by Gasteiger charge is 2.39. The Morgan fingerprint density at radius 3 is 3.00 bits per heavy atom. The highest BCUT2D eigenvalue weighted by Crippen LogP contribution is 2.31. The Bertz CT molecular complexity index is 453. The van der Waals surface area contributed by atoms with Gasteiger partial charge in [0.05, 0.1) is 17.7 Å². The summed E-state index contributed by atoms with van der Waals surface area (Å²) in [6.45, 7) is 6.53. The zero-order chi connectivity index (χ0) is 14.4.